The van der Waals surface area contributed by atoms with E-state index < -0.39 is 0 Å². The Morgan fingerprint density at radius 2 is 1.80 bits per heavy atom. The van der Waals surface area contributed by atoms with E-state index in [1.54, 1.807) is 6.92 Å². The highest BCUT2D eigenvalue weighted by Crippen LogP contribution is 1.58. The first-order chi connectivity index (χ1) is 1.73. The van der Waals surface area contributed by atoms with Crippen LogP contribution < -0.4 is 5.73 Å². The van der Waals surface area contributed by atoms with Crippen LogP contribution in [0.4, 0.5) is 0 Å². The second kappa shape index (κ2) is 3.54. The van der Waals surface area contributed by atoms with E-state index in [0.717, 1.165) is 0 Å². The van der Waals surface area contributed by atoms with Crippen molar-refractivity contribution in [3.63, 3.8) is 0 Å². The molecule has 0 amide bonds. The minimum absolute atomic E-state index is 0. The monoisotopic (exact) mass is 73.1 g/mol. The summed E-state index contributed by atoms with van der Waals surface area (Å²) >= 11 is 0. The fourth-order valence-electron chi connectivity index (χ4n) is 0. The summed E-state index contributed by atoms with van der Waals surface area (Å²) in [5.41, 5.74) is 5.58. The second-order valence-electron chi connectivity index (χ2n) is 0.846. The van der Waals surface area contributed by atoms with Crippen LogP contribution in [0.2, 0.25) is 0 Å². The minimum Gasteiger partial charge on any atom is -0.403 e. The van der Waals surface area contributed by atoms with Crippen molar-refractivity contribution in [1.29, 1.82) is 0 Å². The van der Waals surface area contributed by atoms with Crippen LogP contribution >= 0.6 is 0 Å². The zero-order valence-corrected chi connectivity index (χ0v) is 2.78. The molecular weight excluding hydrogens is 62.1 g/mol. The van der Waals surface area contributed by atoms with Crippen LogP contribution in [0.15, 0.2) is 12.3 Å². The Morgan fingerprint density at radius 1 is 1.80 bits per heavy atom. The van der Waals surface area contributed by atoms with Crippen LogP contribution in [0, 0.1) is 0 Å². The first-order valence-corrected chi connectivity index (χ1v) is 1.14. The van der Waals surface area contributed by atoms with E-state index in [-0.39, 0.29) is 7.43 Å². The molecule has 1 heteroatoms. The molecule has 0 unspecified atom stereocenters. The Bertz CT molecular complexity index is 26.6. The van der Waals surface area contributed by atoms with Crippen molar-refractivity contribution in [2.75, 3.05) is 0 Å². The highest BCUT2D eigenvalue weighted by atomic mass is 14.5. The van der Waals surface area contributed by atoms with Gasteiger partial charge in [0.25, 0.3) is 0 Å². The predicted molar refractivity (Wildman–Crippen MR) is 25.7 cm³/mol. The lowest BCUT2D eigenvalue weighted by molar-refractivity contribution is 1.34. The molecule has 0 atom stereocenters. The highest BCUT2D eigenvalue weighted by molar-refractivity contribution is 4.76. The van der Waals surface area contributed by atoms with E-state index in [1.165, 1.54) is 0 Å². The second-order valence-corrected chi connectivity index (χ2v) is 0.846. The summed E-state index contributed by atoms with van der Waals surface area (Å²) in [6.07, 6.45) is 0. The topological polar surface area (TPSA) is 26.0 Å². The third-order valence-electron chi connectivity index (χ3n) is 0. The summed E-state index contributed by atoms with van der Waals surface area (Å²) in [5.74, 6) is 0. The van der Waals surface area contributed by atoms with Crippen molar-refractivity contribution in [1.82, 2.24) is 0 Å². The maximum atomic E-state index is 4.92. The van der Waals surface area contributed by atoms with E-state index in [0.29, 0.717) is 5.70 Å². The molecule has 0 spiro atoms. The number of nitrogens with two attached hydrogens (primary N) is 1. The normalized spacial score (nSPS) is 5.00. The average Bonchev–Trinajstić information content (AvgIpc) is 0.811. The molecule has 0 heterocycles. The molecule has 0 saturated heterocycles. The van der Waals surface area contributed by atoms with E-state index in [4.69, 9.17) is 5.73 Å². The van der Waals surface area contributed by atoms with E-state index in [1.807, 2.05) is 0 Å². The smallest absolute Gasteiger partial charge is 0.00242 e. The van der Waals surface area contributed by atoms with Gasteiger partial charge in [0.05, 0.1) is 0 Å². The van der Waals surface area contributed by atoms with Crippen molar-refractivity contribution >= 4 is 0 Å². The van der Waals surface area contributed by atoms with Gasteiger partial charge in [-0.3, -0.25) is 0 Å². The largest absolute Gasteiger partial charge is 0.403 e. The van der Waals surface area contributed by atoms with Gasteiger partial charge in [-0.1, -0.05) is 14.0 Å². The summed E-state index contributed by atoms with van der Waals surface area (Å²) in [6, 6.07) is 0. The fraction of sp³-hybridized carbons (Fsp3) is 0.500. The molecule has 0 aromatic carbocycles. The molecule has 0 bridgehead atoms. The lowest BCUT2D eigenvalue weighted by atomic mass is 10.6. The first kappa shape index (κ1) is 8.82. The Labute approximate surface area is 33.5 Å². The fourth-order valence-corrected chi connectivity index (χ4v) is 0. The van der Waals surface area contributed by atoms with Crippen molar-refractivity contribution in [3.8, 4) is 0 Å². The molecule has 5 heavy (non-hydrogen) atoms. The van der Waals surface area contributed by atoms with Crippen molar-refractivity contribution in [2.45, 2.75) is 14.4 Å². The summed E-state index contributed by atoms with van der Waals surface area (Å²) < 4.78 is 0. The Hall–Kier alpha value is -0.460. The Kier molecular flexibility index (Phi) is 6.24. The Balaban J connectivity index is 0. The summed E-state index contributed by atoms with van der Waals surface area (Å²) in [6.45, 7) is 5.08. The van der Waals surface area contributed by atoms with Gasteiger partial charge in [-0.2, -0.15) is 0 Å². The van der Waals surface area contributed by atoms with E-state index in [9.17, 15) is 0 Å². The highest BCUT2D eigenvalue weighted by Gasteiger charge is 1.50. The third-order valence-corrected chi connectivity index (χ3v) is 0. The third kappa shape index (κ3) is 39.7. The number of hydrogen-bond acceptors (Lipinski definition) is 1. The van der Waals surface area contributed by atoms with Crippen molar-refractivity contribution < 1.29 is 0 Å². The summed E-state index contributed by atoms with van der Waals surface area (Å²) in [4.78, 5) is 0. The number of hydrogen-bond donors (Lipinski definition) is 1. The van der Waals surface area contributed by atoms with Gasteiger partial charge in [-0.05, 0) is 12.6 Å². The van der Waals surface area contributed by atoms with Gasteiger partial charge < -0.3 is 5.73 Å². The molecule has 0 rings (SSSR count). The van der Waals surface area contributed by atoms with Crippen molar-refractivity contribution in [2.24, 2.45) is 5.73 Å². The van der Waals surface area contributed by atoms with Gasteiger partial charge in [0.15, 0.2) is 0 Å². The lowest BCUT2D eigenvalue weighted by Gasteiger charge is -1.69. The van der Waals surface area contributed by atoms with Crippen LogP contribution in [0.3, 0.4) is 0 Å². The molecule has 0 fully saturated rings. The maximum Gasteiger partial charge on any atom is -0.00242 e. The first-order valence-electron chi connectivity index (χ1n) is 1.14. The molecule has 32 valence electrons. The lowest BCUT2D eigenvalue weighted by Crippen LogP contribution is -1.83. The zero-order valence-electron chi connectivity index (χ0n) is 2.78. The van der Waals surface area contributed by atoms with Crippen LogP contribution in [-0.2, 0) is 0 Å². The van der Waals surface area contributed by atoms with Gasteiger partial charge >= 0.3 is 0 Å². The number of rotatable bonds is 0. The molecule has 1 nitrogen and oxygen atoms in total. The molecule has 0 aliphatic carbocycles. The predicted octanol–water partition coefficient (Wildman–Crippen LogP) is 1.11. The van der Waals surface area contributed by atoms with Gasteiger partial charge in [0, 0.05) is 0 Å². The zero-order chi connectivity index (χ0) is 3.58. The SMILES string of the molecule is C.C=C(C)N. The molecule has 0 aliphatic heterocycles. The molecule has 0 saturated carbocycles. The van der Waals surface area contributed by atoms with Gasteiger partial charge in [0.2, 0.25) is 0 Å². The van der Waals surface area contributed by atoms with E-state index >= 15 is 0 Å². The van der Waals surface area contributed by atoms with Crippen molar-refractivity contribution in [3.05, 3.63) is 12.3 Å². The van der Waals surface area contributed by atoms with Gasteiger partial charge in [-0.15, -0.1) is 0 Å². The molecule has 0 aliphatic rings. The molecule has 0 aromatic heterocycles. The minimum atomic E-state index is 0. The Morgan fingerprint density at radius 3 is 1.80 bits per heavy atom. The molecule has 0 radical (unpaired) electrons. The maximum absolute atomic E-state index is 4.92. The molecule has 2 N–H and O–H groups in total. The van der Waals surface area contributed by atoms with Gasteiger partial charge in [0.1, 0.15) is 0 Å². The average molecular weight is 73.1 g/mol. The summed E-state index contributed by atoms with van der Waals surface area (Å²) in [7, 11) is 0. The standard InChI is InChI=1S/C3H7N.CH4/c1-3(2)4;/h1,4H2,2H3;1H4. The van der Waals surface area contributed by atoms with E-state index in [2.05, 4.69) is 6.58 Å². The molecule has 0 aromatic rings. The van der Waals surface area contributed by atoms with Crippen LogP contribution in [0.5, 0.6) is 0 Å². The quantitative estimate of drug-likeness (QED) is 0.456. The van der Waals surface area contributed by atoms with Crippen LogP contribution in [0.25, 0.3) is 0 Å². The van der Waals surface area contributed by atoms with Gasteiger partial charge in [-0.25, -0.2) is 0 Å². The van der Waals surface area contributed by atoms with Crippen LogP contribution in [-0.4, -0.2) is 0 Å². The number of allylic oxidation sites excluding steroid dienone is 1. The molecular formula is C4H11N. The summed E-state index contributed by atoms with van der Waals surface area (Å²) in [5, 5.41) is 0. The van der Waals surface area contributed by atoms with Crippen LogP contribution in [0.1, 0.15) is 14.4 Å².